The Morgan fingerprint density at radius 2 is 1.86 bits per heavy atom. The standard InChI is InChI=1S/C22H28N4OS/c1-6-11-26-16(4)13-19(17(26)5)20(27)14-28-22-24-23-21(25(22)7-2)18-10-8-9-15(3)12-18/h8-10,12-13H,6-7,11,14H2,1-5H3. The van der Waals surface area contributed by atoms with Gasteiger partial charge in [-0.2, -0.15) is 0 Å². The molecule has 3 rings (SSSR count). The van der Waals surface area contributed by atoms with Crippen molar-refractivity contribution in [2.75, 3.05) is 5.75 Å². The van der Waals surface area contributed by atoms with Crippen LogP contribution >= 0.6 is 11.8 Å². The molecule has 0 aliphatic carbocycles. The highest BCUT2D eigenvalue weighted by Gasteiger charge is 2.18. The van der Waals surface area contributed by atoms with Crippen LogP contribution in [0.15, 0.2) is 35.5 Å². The van der Waals surface area contributed by atoms with E-state index in [4.69, 9.17) is 0 Å². The van der Waals surface area contributed by atoms with E-state index < -0.39 is 0 Å². The second kappa shape index (κ2) is 8.78. The normalized spacial score (nSPS) is 11.2. The first-order valence-electron chi connectivity index (χ1n) is 9.79. The van der Waals surface area contributed by atoms with E-state index in [1.165, 1.54) is 17.3 Å². The van der Waals surface area contributed by atoms with Crippen LogP contribution in [0.5, 0.6) is 0 Å². The zero-order valence-corrected chi connectivity index (χ0v) is 18.1. The number of aromatic nitrogens is 4. The quantitative estimate of drug-likeness (QED) is 0.394. The van der Waals surface area contributed by atoms with Gasteiger partial charge < -0.3 is 9.13 Å². The number of aryl methyl sites for hydroxylation is 2. The van der Waals surface area contributed by atoms with Crippen molar-refractivity contribution in [2.45, 2.75) is 59.3 Å². The van der Waals surface area contributed by atoms with Gasteiger partial charge in [0.05, 0.1) is 5.75 Å². The molecule has 0 N–H and O–H groups in total. The average Bonchev–Trinajstić information content (AvgIpc) is 3.22. The van der Waals surface area contributed by atoms with Crippen LogP contribution in [0, 0.1) is 20.8 Å². The van der Waals surface area contributed by atoms with E-state index in [-0.39, 0.29) is 5.78 Å². The molecule has 3 aromatic rings. The largest absolute Gasteiger partial charge is 0.348 e. The van der Waals surface area contributed by atoms with E-state index >= 15 is 0 Å². The number of nitrogens with zero attached hydrogens (tertiary/aromatic N) is 4. The number of rotatable bonds is 8. The van der Waals surface area contributed by atoms with Gasteiger partial charge in [-0.1, -0.05) is 42.4 Å². The smallest absolute Gasteiger partial charge is 0.191 e. The van der Waals surface area contributed by atoms with Crippen LogP contribution < -0.4 is 0 Å². The molecule has 0 bridgehead atoms. The number of hydrogen-bond acceptors (Lipinski definition) is 4. The predicted molar refractivity (Wildman–Crippen MR) is 115 cm³/mol. The summed E-state index contributed by atoms with van der Waals surface area (Å²) in [5.41, 5.74) is 5.26. The minimum atomic E-state index is 0.142. The fraction of sp³-hybridized carbons (Fsp3) is 0.409. The van der Waals surface area contributed by atoms with Crippen LogP contribution in [0.25, 0.3) is 11.4 Å². The fourth-order valence-electron chi connectivity index (χ4n) is 3.54. The second-order valence-electron chi connectivity index (χ2n) is 7.07. The number of thioether (sulfide) groups is 1. The lowest BCUT2D eigenvalue weighted by atomic mass is 10.1. The Morgan fingerprint density at radius 1 is 1.07 bits per heavy atom. The molecule has 6 heteroatoms. The number of carbonyl (C=O) groups excluding carboxylic acids is 1. The van der Waals surface area contributed by atoms with E-state index in [2.05, 4.69) is 59.2 Å². The molecule has 28 heavy (non-hydrogen) atoms. The highest BCUT2D eigenvalue weighted by atomic mass is 32.2. The Balaban J connectivity index is 1.78. The first-order chi connectivity index (χ1) is 13.5. The Morgan fingerprint density at radius 3 is 2.54 bits per heavy atom. The van der Waals surface area contributed by atoms with E-state index in [0.29, 0.717) is 5.75 Å². The number of ketones is 1. The van der Waals surface area contributed by atoms with E-state index in [1.54, 1.807) is 0 Å². The molecule has 0 spiro atoms. The van der Waals surface area contributed by atoms with Gasteiger partial charge >= 0.3 is 0 Å². The van der Waals surface area contributed by atoms with Gasteiger partial charge in [0.25, 0.3) is 0 Å². The number of carbonyl (C=O) groups is 1. The molecule has 5 nitrogen and oxygen atoms in total. The Labute approximate surface area is 171 Å². The summed E-state index contributed by atoms with van der Waals surface area (Å²) in [6.45, 7) is 12.1. The minimum Gasteiger partial charge on any atom is -0.348 e. The molecule has 148 valence electrons. The molecule has 0 atom stereocenters. The topological polar surface area (TPSA) is 52.7 Å². The number of benzene rings is 1. The van der Waals surface area contributed by atoms with Crippen molar-refractivity contribution in [3.63, 3.8) is 0 Å². The lowest BCUT2D eigenvalue weighted by Crippen LogP contribution is -2.07. The maximum atomic E-state index is 12.8. The molecular formula is C22H28N4OS. The third kappa shape index (κ3) is 4.07. The average molecular weight is 397 g/mol. The van der Waals surface area contributed by atoms with Crippen LogP contribution in [0.1, 0.15) is 47.6 Å². The van der Waals surface area contributed by atoms with Crippen molar-refractivity contribution in [1.82, 2.24) is 19.3 Å². The highest BCUT2D eigenvalue weighted by molar-refractivity contribution is 7.99. The molecule has 1 aromatic carbocycles. The summed E-state index contributed by atoms with van der Waals surface area (Å²) in [6.07, 6.45) is 1.06. The lowest BCUT2D eigenvalue weighted by molar-refractivity contribution is 0.102. The fourth-order valence-corrected chi connectivity index (χ4v) is 4.42. The summed E-state index contributed by atoms with van der Waals surface area (Å²) in [6, 6.07) is 10.3. The molecule has 0 saturated heterocycles. The highest BCUT2D eigenvalue weighted by Crippen LogP contribution is 2.26. The zero-order chi connectivity index (χ0) is 20.3. The van der Waals surface area contributed by atoms with Crippen LogP contribution in [0.4, 0.5) is 0 Å². The van der Waals surface area contributed by atoms with Gasteiger partial charge in [0.1, 0.15) is 0 Å². The van der Waals surface area contributed by atoms with Crippen molar-refractivity contribution in [2.24, 2.45) is 0 Å². The van der Waals surface area contributed by atoms with Crippen LogP contribution in [0.3, 0.4) is 0 Å². The second-order valence-corrected chi connectivity index (χ2v) is 8.01. The molecule has 0 fully saturated rings. The summed E-state index contributed by atoms with van der Waals surface area (Å²) in [4.78, 5) is 12.8. The van der Waals surface area contributed by atoms with Crippen LogP contribution in [-0.4, -0.2) is 30.9 Å². The van der Waals surface area contributed by atoms with Gasteiger partial charge in [0.2, 0.25) is 0 Å². The Bertz CT molecular complexity index is 987. The predicted octanol–water partition coefficient (Wildman–Crippen LogP) is 5.08. The Hall–Kier alpha value is -2.34. The molecular weight excluding hydrogens is 368 g/mol. The molecule has 2 heterocycles. The van der Waals surface area contributed by atoms with Gasteiger partial charge in [-0.05, 0) is 46.2 Å². The third-order valence-corrected chi connectivity index (χ3v) is 5.93. The molecule has 0 unspecified atom stereocenters. The van der Waals surface area contributed by atoms with Crippen molar-refractivity contribution in [3.8, 4) is 11.4 Å². The summed E-state index contributed by atoms with van der Waals surface area (Å²) in [5.74, 6) is 1.35. The van der Waals surface area contributed by atoms with Gasteiger partial charge in [0.15, 0.2) is 16.8 Å². The maximum absolute atomic E-state index is 12.8. The Kier molecular flexibility index (Phi) is 6.39. The summed E-state index contributed by atoms with van der Waals surface area (Å²) in [7, 11) is 0. The zero-order valence-electron chi connectivity index (χ0n) is 17.3. The van der Waals surface area contributed by atoms with Gasteiger partial charge in [-0.3, -0.25) is 4.79 Å². The van der Waals surface area contributed by atoms with Crippen molar-refractivity contribution in [3.05, 3.63) is 52.8 Å². The minimum absolute atomic E-state index is 0.142. The van der Waals surface area contributed by atoms with E-state index in [9.17, 15) is 4.79 Å². The molecule has 2 aromatic heterocycles. The molecule has 0 amide bonds. The SMILES string of the molecule is CCCn1c(C)cc(C(=O)CSc2nnc(-c3cccc(C)c3)n2CC)c1C. The molecule has 0 aliphatic heterocycles. The molecule has 0 radical (unpaired) electrons. The summed E-state index contributed by atoms with van der Waals surface area (Å²) >= 11 is 1.46. The lowest BCUT2D eigenvalue weighted by Gasteiger charge is -2.08. The number of Topliss-reactive ketones (excluding diaryl/α,β-unsaturated/α-hetero) is 1. The van der Waals surface area contributed by atoms with Crippen LogP contribution in [0.2, 0.25) is 0 Å². The third-order valence-electron chi connectivity index (χ3n) is 4.96. The monoisotopic (exact) mass is 396 g/mol. The molecule has 0 aliphatic rings. The first kappa shape index (κ1) is 20.4. The van der Waals surface area contributed by atoms with Gasteiger partial charge in [-0.15, -0.1) is 10.2 Å². The van der Waals surface area contributed by atoms with Gasteiger partial charge in [-0.25, -0.2) is 0 Å². The summed E-state index contributed by atoms with van der Waals surface area (Å²) < 4.78 is 4.30. The van der Waals surface area contributed by atoms with E-state index in [0.717, 1.165) is 53.0 Å². The van der Waals surface area contributed by atoms with Crippen molar-refractivity contribution in [1.29, 1.82) is 0 Å². The molecule has 0 saturated carbocycles. The maximum Gasteiger partial charge on any atom is 0.191 e. The first-order valence-corrected chi connectivity index (χ1v) is 10.8. The summed E-state index contributed by atoms with van der Waals surface area (Å²) in [5, 5.41) is 9.52. The van der Waals surface area contributed by atoms with Crippen molar-refractivity contribution < 1.29 is 4.79 Å². The number of hydrogen-bond donors (Lipinski definition) is 0. The van der Waals surface area contributed by atoms with Crippen molar-refractivity contribution >= 4 is 17.5 Å². The van der Waals surface area contributed by atoms with Gasteiger partial charge in [0, 0.05) is 35.6 Å². The van der Waals surface area contributed by atoms with E-state index in [1.807, 2.05) is 25.1 Å². The van der Waals surface area contributed by atoms with Crippen LogP contribution in [-0.2, 0) is 13.1 Å².